The average molecular weight is 348 g/mol. The molecule has 0 fully saturated rings. The standard InChI is InChI=1S/C19H20N6O/c1-4-24-16-8-6-5-7-15(16)23-17(24)11-20-19(26)14-10-21-25-13(3)9-12(2)22-18(14)25/h5-10H,4,11H2,1-3H3,(H,20,26). The highest BCUT2D eigenvalue weighted by atomic mass is 16.1. The van der Waals surface area contributed by atoms with Crippen LogP contribution in [0.2, 0.25) is 0 Å². The molecule has 0 unspecified atom stereocenters. The fourth-order valence-corrected chi connectivity index (χ4v) is 3.30. The summed E-state index contributed by atoms with van der Waals surface area (Å²) in [6, 6.07) is 9.91. The summed E-state index contributed by atoms with van der Waals surface area (Å²) >= 11 is 0. The quantitative estimate of drug-likeness (QED) is 0.615. The number of aryl methyl sites for hydroxylation is 3. The van der Waals surface area contributed by atoms with E-state index in [0.29, 0.717) is 17.8 Å². The number of hydrogen-bond donors (Lipinski definition) is 1. The predicted molar refractivity (Wildman–Crippen MR) is 99.0 cm³/mol. The molecule has 1 amide bonds. The Balaban J connectivity index is 1.62. The maximum atomic E-state index is 12.7. The number of rotatable bonds is 4. The molecule has 1 N–H and O–H groups in total. The Kier molecular flexibility index (Phi) is 3.91. The van der Waals surface area contributed by atoms with Gasteiger partial charge in [0.1, 0.15) is 11.4 Å². The van der Waals surface area contributed by atoms with Gasteiger partial charge in [-0.1, -0.05) is 12.1 Å². The first-order chi connectivity index (χ1) is 12.6. The molecule has 0 saturated heterocycles. The predicted octanol–water partition coefficient (Wildman–Crippen LogP) is 2.65. The van der Waals surface area contributed by atoms with Crippen molar-refractivity contribution in [2.24, 2.45) is 0 Å². The molecule has 0 aliphatic rings. The second-order valence-electron chi connectivity index (χ2n) is 6.28. The average Bonchev–Trinajstić information content (AvgIpc) is 3.20. The minimum atomic E-state index is -0.202. The Morgan fingerprint density at radius 3 is 2.81 bits per heavy atom. The number of hydrogen-bond acceptors (Lipinski definition) is 4. The smallest absolute Gasteiger partial charge is 0.257 e. The molecule has 0 atom stereocenters. The molecule has 7 heteroatoms. The van der Waals surface area contributed by atoms with Crippen molar-refractivity contribution >= 4 is 22.6 Å². The molecule has 1 aromatic carbocycles. The molecule has 0 spiro atoms. The lowest BCUT2D eigenvalue weighted by Gasteiger charge is -2.07. The van der Waals surface area contributed by atoms with E-state index < -0.39 is 0 Å². The number of benzene rings is 1. The van der Waals surface area contributed by atoms with Gasteiger partial charge in [-0.3, -0.25) is 4.79 Å². The highest BCUT2D eigenvalue weighted by Crippen LogP contribution is 2.16. The Morgan fingerprint density at radius 2 is 2.00 bits per heavy atom. The van der Waals surface area contributed by atoms with E-state index in [1.807, 2.05) is 44.2 Å². The Morgan fingerprint density at radius 1 is 1.19 bits per heavy atom. The molecular formula is C19H20N6O. The summed E-state index contributed by atoms with van der Waals surface area (Å²) in [6.07, 6.45) is 1.56. The first kappa shape index (κ1) is 16.3. The van der Waals surface area contributed by atoms with Gasteiger partial charge in [-0.25, -0.2) is 14.5 Å². The van der Waals surface area contributed by atoms with Crippen molar-refractivity contribution in [1.29, 1.82) is 0 Å². The number of carbonyl (C=O) groups is 1. The van der Waals surface area contributed by atoms with Gasteiger partial charge in [0.2, 0.25) is 0 Å². The minimum absolute atomic E-state index is 0.202. The topological polar surface area (TPSA) is 77.1 Å². The van der Waals surface area contributed by atoms with E-state index in [0.717, 1.165) is 34.8 Å². The highest BCUT2D eigenvalue weighted by Gasteiger charge is 2.16. The minimum Gasteiger partial charge on any atom is -0.345 e. The number of fused-ring (bicyclic) bond motifs is 2. The van der Waals surface area contributed by atoms with E-state index >= 15 is 0 Å². The largest absolute Gasteiger partial charge is 0.345 e. The molecule has 0 saturated carbocycles. The zero-order valence-electron chi connectivity index (χ0n) is 15.0. The van der Waals surface area contributed by atoms with Gasteiger partial charge in [-0.05, 0) is 39.0 Å². The molecule has 0 radical (unpaired) electrons. The summed E-state index contributed by atoms with van der Waals surface area (Å²) in [7, 11) is 0. The van der Waals surface area contributed by atoms with Crippen molar-refractivity contribution < 1.29 is 4.79 Å². The zero-order valence-corrected chi connectivity index (χ0v) is 15.0. The molecule has 0 bridgehead atoms. The van der Waals surface area contributed by atoms with E-state index in [-0.39, 0.29) is 5.91 Å². The molecule has 4 aromatic rings. The molecule has 132 valence electrons. The summed E-state index contributed by atoms with van der Waals surface area (Å²) in [4.78, 5) is 21.8. The maximum absolute atomic E-state index is 12.7. The number of nitrogens with zero attached hydrogens (tertiary/aromatic N) is 5. The van der Waals surface area contributed by atoms with Gasteiger partial charge < -0.3 is 9.88 Å². The monoisotopic (exact) mass is 348 g/mol. The Labute approximate surface area is 150 Å². The van der Waals surface area contributed by atoms with Crippen LogP contribution in [-0.2, 0) is 13.1 Å². The molecule has 4 rings (SSSR count). The molecule has 0 aliphatic carbocycles. The first-order valence-electron chi connectivity index (χ1n) is 8.62. The Bertz CT molecular complexity index is 1120. The number of imidazole rings is 1. The molecule has 3 aromatic heterocycles. The maximum Gasteiger partial charge on any atom is 0.257 e. The van der Waals surface area contributed by atoms with Crippen LogP contribution in [0.15, 0.2) is 36.5 Å². The summed E-state index contributed by atoms with van der Waals surface area (Å²) in [5.41, 5.74) is 4.85. The molecular weight excluding hydrogens is 328 g/mol. The fourth-order valence-electron chi connectivity index (χ4n) is 3.30. The lowest BCUT2D eigenvalue weighted by atomic mass is 10.3. The van der Waals surface area contributed by atoms with Crippen molar-refractivity contribution in [2.75, 3.05) is 0 Å². The normalized spacial score (nSPS) is 11.3. The first-order valence-corrected chi connectivity index (χ1v) is 8.62. The van der Waals surface area contributed by atoms with E-state index in [2.05, 4.69) is 31.9 Å². The van der Waals surface area contributed by atoms with Crippen LogP contribution >= 0.6 is 0 Å². The van der Waals surface area contributed by atoms with E-state index in [4.69, 9.17) is 0 Å². The van der Waals surface area contributed by atoms with Crippen molar-refractivity contribution in [3.05, 3.63) is 59.3 Å². The van der Waals surface area contributed by atoms with Crippen molar-refractivity contribution in [3.63, 3.8) is 0 Å². The summed E-state index contributed by atoms with van der Waals surface area (Å²) in [6.45, 7) is 7.07. The molecule has 3 heterocycles. The lowest BCUT2D eigenvalue weighted by Crippen LogP contribution is -2.24. The van der Waals surface area contributed by atoms with E-state index in [1.165, 1.54) is 0 Å². The van der Waals surface area contributed by atoms with Crippen molar-refractivity contribution in [2.45, 2.75) is 33.9 Å². The van der Waals surface area contributed by atoms with Crippen molar-refractivity contribution in [3.8, 4) is 0 Å². The van der Waals surface area contributed by atoms with Crippen LogP contribution in [0.3, 0.4) is 0 Å². The third kappa shape index (κ3) is 2.61. The van der Waals surface area contributed by atoms with Crippen LogP contribution in [-0.4, -0.2) is 30.1 Å². The number of amides is 1. The third-order valence-electron chi connectivity index (χ3n) is 4.48. The van der Waals surface area contributed by atoms with Gasteiger partial charge in [0.15, 0.2) is 5.65 Å². The van der Waals surface area contributed by atoms with Crippen molar-refractivity contribution in [1.82, 2.24) is 29.5 Å². The van der Waals surface area contributed by atoms with Gasteiger partial charge in [0.25, 0.3) is 5.91 Å². The van der Waals surface area contributed by atoms with Crippen LogP contribution in [0.1, 0.15) is 34.5 Å². The number of nitrogens with one attached hydrogen (secondary N) is 1. The number of para-hydroxylation sites is 2. The summed E-state index contributed by atoms with van der Waals surface area (Å²) in [5, 5.41) is 7.23. The summed E-state index contributed by atoms with van der Waals surface area (Å²) < 4.78 is 3.79. The number of aromatic nitrogens is 5. The van der Waals surface area contributed by atoms with Crippen LogP contribution in [0.25, 0.3) is 16.7 Å². The van der Waals surface area contributed by atoms with Gasteiger partial charge >= 0.3 is 0 Å². The van der Waals surface area contributed by atoms with Crippen LogP contribution in [0.5, 0.6) is 0 Å². The van der Waals surface area contributed by atoms with Crippen LogP contribution in [0.4, 0.5) is 0 Å². The SMILES string of the molecule is CCn1c(CNC(=O)c2cnn3c(C)cc(C)nc23)nc2ccccc21. The third-order valence-corrected chi connectivity index (χ3v) is 4.48. The highest BCUT2D eigenvalue weighted by molar-refractivity contribution is 5.99. The van der Waals surface area contributed by atoms with Gasteiger partial charge in [0, 0.05) is 17.9 Å². The summed E-state index contributed by atoms with van der Waals surface area (Å²) in [5.74, 6) is 0.631. The lowest BCUT2D eigenvalue weighted by molar-refractivity contribution is 0.0951. The molecule has 7 nitrogen and oxygen atoms in total. The zero-order chi connectivity index (χ0) is 18.3. The van der Waals surface area contributed by atoms with Gasteiger partial charge in [-0.15, -0.1) is 0 Å². The molecule has 26 heavy (non-hydrogen) atoms. The number of carbonyl (C=O) groups excluding carboxylic acids is 1. The van der Waals surface area contributed by atoms with E-state index in [9.17, 15) is 4.79 Å². The van der Waals surface area contributed by atoms with Gasteiger partial charge in [-0.2, -0.15) is 5.10 Å². The fraction of sp³-hybridized carbons (Fsp3) is 0.263. The second kappa shape index (κ2) is 6.25. The molecule has 0 aliphatic heterocycles. The van der Waals surface area contributed by atoms with Gasteiger partial charge in [0.05, 0.1) is 23.8 Å². The second-order valence-corrected chi connectivity index (χ2v) is 6.28. The van der Waals surface area contributed by atoms with Crippen LogP contribution in [0, 0.1) is 13.8 Å². The Hall–Kier alpha value is -3.22. The van der Waals surface area contributed by atoms with E-state index in [1.54, 1.807) is 10.7 Å². The van der Waals surface area contributed by atoms with Crippen LogP contribution < -0.4 is 5.32 Å².